The second kappa shape index (κ2) is 4.51. The zero-order valence-electron chi connectivity index (χ0n) is 10.7. The van der Waals surface area contributed by atoms with Crippen molar-refractivity contribution in [3.05, 3.63) is 22.7 Å². The van der Waals surface area contributed by atoms with E-state index >= 15 is 0 Å². The third kappa shape index (κ3) is 3.08. The summed E-state index contributed by atoms with van der Waals surface area (Å²) in [5, 5.41) is 0. The molecular weight excluding hydrogens is 216 g/mol. The Morgan fingerprint density at radius 1 is 1.47 bits per heavy atom. The first kappa shape index (κ1) is 12.1. The number of aromatic amines is 1. The summed E-state index contributed by atoms with van der Waals surface area (Å²) >= 11 is 0. The lowest BCUT2D eigenvalue weighted by Gasteiger charge is -2.38. The minimum Gasteiger partial charge on any atom is -0.470 e. The van der Waals surface area contributed by atoms with Gasteiger partial charge in [-0.1, -0.05) is 20.8 Å². The molecule has 0 aliphatic heterocycles. The first-order chi connectivity index (χ1) is 7.96. The number of H-pyrrole nitrogens is 1. The molecule has 94 valence electrons. The summed E-state index contributed by atoms with van der Waals surface area (Å²) in [6, 6.07) is 0. The molecule has 1 saturated carbocycles. The molecule has 4 heteroatoms. The van der Waals surface area contributed by atoms with Crippen LogP contribution in [0.5, 0.6) is 5.88 Å². The van der Waals surface area contributed by atoms with Crippen molar-refractivity contribution in [1.29, 1.82) is 0 Å². The third-order valence-corrected chi connectivity index (χ3v) is 3.30. The van der Waals surface area contributed by atoms with E-state index < -0.39 is 0 Å². The number of nitrogens with one attached hydrogen (secondary N) is 1. The van der Waals surface area contributed by atoms with Crippen LogP contribution in [0, 0.1) is 11.3 Å². The summed E-state index contributed by atoms with van der Waals surface area (Å²) in [7, 11) is 0. The lowest BCUT2D eigenvalue weighted by Crippen LogP contribution is -2.35. The molecule has 0 saturated heterocycles. The maximum absolute atomic E-state index is 11.5. The molecule has 1 aromatic rings. The van der Waals surface area contributed by atoms with Crippen LogP contribution in [0.25, 0.3) is 0 Å². The number of rotatable bonds is 2. The van der Waals surface area contributed by atoms with Gasteiger partial charge in [0.05, 0.1) is 0 Å². The normalized spacial score (nSPS) is 27.7. The van der Waals surface area contributed by atoms with Crippen LogP contribution < -0.4 is 10.3 Å². The molecule has 0 aromatic carbocycles. The number of hydrogen-bond acceptors (Lipinski definition) is 3. The van der Waals surface area contributed by atoms with Gasteiger partial charge in [-0.05, 0) is 30.6 Å². The van der Waals surface area contributed by atoms with Crippen LogP contribution >= 0.6 is 0 Å². The molecule has 2 unspecified atom stereocenters. The fraction of sp³-hybridized carbons (Fsp3) is 0.692. The van der Waals surface area contributed by atoms with Gasteiger partial charge in [-0.25, -0.2) is 4.98 Å². The Bertz CT molecular complexity index is 439. The van der Waals surface area contributed by atoms with E-state index in [4.69, 9.17) is 4.74 Å². The molecule has 0 spiro atoms. The van der Waals surface area contributed by atoms with Gasteiger partial charge in [0.15, 0.2) is 0 Å². The van der Waals surface area contributed by atoms with Gasteiger partial charge in [0, 0.05) is 12.4 Å². The summed E-state index contributed by atoms with van der Waals surface area (Å²) < 4.78 is 5.74. The molecule has 1 fully saturated rings. The first-order valence-electron chi connectivity index (χ1n) is 6.17. The molecule has 1 N–H and O–H groups in total. The molecule has 0 amide bonds. The Morgan fingerprint density at radius 3 is 2.88 bits per heavy atom. The Hall–Kier alpha value is -1.32. The maximum Gasteiger partial charge on any atom is 0.310 e. The second-order valence-corrected chi connectivity index (χ2v) is 5.88. The van der Waals surface area contributed by atoms with Gasteiger partial charge in [-0.15, -0.1) is 0 Å². The van der Waals surface area contributed by atoms with Crippen molar-refractivity contribution in [2.75, 3.05) is 0 Å². The van der Waals surface area contributed by atoms with Crippen molar-refractivity contribution in [3.63, 3.8) is 0 Å². The molecule has 1 heterocycles. The van der Waals surface area contributed by atoms with E-state index in [0.29, 0.717) is 5.92 Å². The largest absolute Gasteiger partial charge is 0.470 e. The van der Waals surface area contributed by atoms with Crippen LogP contribution in [0.4, 0.5) is 0 Å². The smallest absolute Gasteiger partial charge is 0.310 e. The molecule has 2 rings (SSSR count). The van der Waals surface area contributed by atoms with Gasteiger partial charge in [-0.2, -0.15) is 0 Å². The summed E-state index contributed by atoms with van der Waals surface area (Å²) in [6.45, 7) is 6.74. The minimum absolute atomic E-state index is 0.102. The Labute approximate surface area is 101 Å². The van der Waals surface area contributed by atoms with Gasteiger partial charge in [-0.3, -0.25) is 4.79 Å². The average Bonchev–Trinajstić information content (AvgIpc) is 2.18. The van der Waals surface area contributed by atoms with Crippen molar-refractivity contribution in [2.24, 2.45) is 11.3 Å². The standard InChI is InChI=1S/C13H20N2O2/c1-9-6-10(8-13(2,3)7-9)17-12-11(16)14-4-5-15-12/h4-5,9-10H,6-8H2,1-3H3,(H,14,16). The Morgan fingerprint density at radius 2 is 2.24 bits per heavy atom. The predicted molar refractivity (Wildman–Crippen MR) is 66.1 cm³/mol. The highest BCUT2D eigenvalue weighted by molar-refractivity contribution is 5.03. The van der Waals surface area contributed by atoms with Crippen molar-refractivity contribution >= 4 is 0 Å². The van der Waals surface area contributed by atoms with Crippen LogP contribution in [-0.2, 0) is 0 Å². The van der Waals surface area contributed by atoms with Crippen LogP contribution in [0.15, 0.2) is 17.2 Å². The molecule has 2 atom stereocenters. The lowest BCUT2D eigenvalue weighted by atomic mass is 9.71. The molecule has 0 bridgehead atoms. The molecule has 4 nitrogen and oxygen atoms in total. The summed E-state index contributed by atoms with van der Waals surface area (Å²) in [5.74, 6) is 0.828. The van der Waals surface area contributed by atoms with E-state index in [1.165, 1.54) is 12.6 Å². The van der Waals surface area contributed by atoms with Gasteiger partial charge in [0.2, 0.25) is 0 Å². The number of nitrogens with zero attached hydrogens (tertiary/aromatic N) is 1. The van der Waals surface area contributed by atoms with E-state index in [0.717, 1.165) is 12.8 Å². The molecule has 1 aromatic heterocycles. The van der Waals surface area contributed by atoms with Crippen molar-refractivity contribution in [1.82, 2.24) is 9.97 Å². The van der Waals surface area contributed by atoms with Crippen molar-refractivity contribution in [3.8, 4) is 5.88 Å². The van der Waals surface area contributed by atoms with E-state index in [1.54, 1.807) is 6.20 Å². The zero-order valence-corrected chi connectivity index (χ0v) is 10.7. The van der Waals surface area contributed by atoms with Crippen molar-refractivity contribution in [2.45, 2.75) is 46.1 Å². The topological polar surface area (TPSA) is 55.0 Å². The third-order valence-electron chi connectivity index (χ3n) is 3.30. The average molecular weight is 236 g/mol. The molecule has 1 aliphatic carbocycles. The molecule has 17 heavy (non-hydrogen) atoms. The highest BCUT2D eigenvalue weighted by Gasteiger charge is 2.33. The van der Waals surface area contributed by atoms with E-state index in [-0.39, 0.29) is 23.0 Å². The van der Waals surface area contributed by atoms with Crippen LogP contribution in [-0.4, -0.2) is 16.1 Å². The van der Waals surface area contributed by atoms with Gasteiger partial charge >= 0.3 is 5.56 Å². The van der Waals surface area contributed by atoms with Gasteiger partial charge in [0.25, 0.3) is 5.88 Å². The number of hydrogen-bond donors (Lipinski definition) is 1. The van der Waals surface area contributed by atoms with Crippen molar-refractivity contribution < 1.29 is 4.74 Å². The second-order valence-electron chi connectivity index (χ2n) is 5.88. The summed E-state index contributed by atoms with van der Waals surface area (Å²) in [5.41, 5.74) is 0.0349. The Balaban J connectivity index is 2.09. The molecule has 0 radical (unpaired) electrons. The maximum atomic E-state index is 11.5. The SMILES string of the molecule is CC1CC(Oc2ncc[nH]c2=O)CC(C)(C)C1. The van der Waals surface area contributed by atoms with E-state index in [9.17, 15) is 4.79 Å². The van der Waals surface area contributed by atoms with Gasteiger partial charge in [0.1, 0.15) is 6.10 Å². The highest BCUT2D eigenvalue weighted by Crippen LogP contribution is 2.39. The fourth-order valence-electron chi connectivity index (χ4n) is 2.93. The van der Waals surface area contributed by atoms with Crippen LogP contribution in [0.2, 0.25) is 0 Å². The number of aromatic nitrogens is 2. The zero-order chi connectivity index (χ0) is 12.5. The first-order valence-corrected chi connectivity index (χ1v) is 6.17. The predicted octanol–water partition coefficient (Wildman–Crippen LogP) is 2.36. The highest BCUT2D eigenvalue weighted by atomic mass is 16.5. The fourth-order valence-corrected chi connectivity index (χ4v) is 2.93. The quantitative estimate of drug-likeness (QED) is 0.857. The monoisotopic (exact) mass is 236 g/mol. The van der Waals surface area contributed by atoms with E-state index in [2.05, 4.69) is 30.7 Å². The summed E-state index contributed by atoms with van der Waals surface area (Å²) in [6.07, 6.45) is 6.36. The number of ether oxygens (including phenoxy) is 1. The lowest BCUT2D eigenvalue weighted by molar-refractivity contribution is 0.0521. The minimum atomic E-state index is -0.247. The van der Waals surface area contributed by atoms with E-state index in [1.807, 2.05) is 0 Å². The van der Waals surface area contributed by atoms with Crippen LogP contribution in [0.3, 0.4) is 0 Å². The molecular formula is C13H20N2O2. The van der Waals surface area contributed by atoms with Crippen LogP contribution in [0.1, 0.15) is 40.0 Å². The Kier molecular flexibility index (Phi) is 3.22. The summed E-state index contributed by atoms with van der Waals surface area (Å²) in [4.78, 5) is 18.1. The molecule has 1 aliphatic rings. The van der Waals surface area contributed by atoms with Gasteiger partial charge < -0.3 is 9.72 Å².